The Bertz CT molecular complexity index is 982. The van der Waals surface area contributed by atoms with E-state index in [0.717, 1.165) is 41.9 Å². The third-order valence-electron chi connectivity index (χ3n) is 5.01. The first-order valence-electron chi connectivity index (χ1n) is 9.24. The highest BCUT2D eigenvalue weighted by Gasteiger charge is 2.22. The highest BCUT2D eigenvalue weighted by molar-refractivity contribution is 6.04. The molecule has 0 saturated carbocycles. The summed E-state index contributed by atoms with van der Waals surface area (Å²) in [5, 5.41) is 3.02. The largest absolute Gasteiger partial charge is 0.321 e. The zero-order valence-corrected chi connectivity index (χ0v) is 15.6. The van der Waals surface area contributed by atoms with E-state index in [1.165, 1.54) is 5.56 Å². The SMILES string of the molecule is CCc1cccc(C)c1NC(=O)c1cnc(N2CCc3ccccc32)nc1. The molecule has 0 radical (unpaired) electrons. The first-order valence-corrected chi connectivity index (χ1v) is 9.24. The van der Waals surface area contributed by atoms with Gasteiger partial charge in [0.1, 0.15) is 0 Å². The maximum atomic E-state index is 12.7. The molecule has 0 bridgehead atoms. The Morgan fingerprint density at radius 1 is 1.11 bits per heavy atom. The van der Waals surface area contributed by atoms with Crippen LogP contribution in [-0.4, -0.2) is 22.4 Å². The maximum absolute atomic E-state index is 12.7. The van der Waals surface area contributed by atoms with Crippen LogP contribution in [0.3, 0.4) is 0 Å². The quantitative estimate of drug-likeness (QED) is 0.756. The molecular formula is C22H22N4O. The molecule has 4 rings (SSSR count). The van der Waals surface area contributed by atoms with E-state index in [1.807, 2.05) is 37.3 Å². The van der Waals surface area contributed by atoms with Crippen molar-refractivity contribution in [3.63, 3.8) is 0 Å². The molecule has 1 amide bonds. The number of amides is 1. The van der Waals surface area contributed by atoms with Crippen molar-refractivity contribution in [2.75, 3.05) is 16.8 Å². The van der Waals surface area contributed by atoms with Crippen molar-refractivity contribution in [1.29, 1.82) is 0 Å². The zero-order valence-electron chi connectivity index (χ0n) is 15.6. The van der Waals surface area contributed by atoms with Crippen LogP contribution in [-0.2, 0) is 12.8 Å². The fourth-order valence-electron chi connectivity index (χ4n) is 3.51. The van der Waals surface area contributed by atoms with Gasteiger partial charge in [-0.2, -0.15) is 0 Å². The van der Waals surface area contributed by atoms with Gasteiger partial charge in [0.15, 0.2) is 0 Å². The Morgan fingerprint density at radius 2 is 1.89 bits per heavy atom. The second-order valence-corrected chi connectivity index (χ2v) is 6.72. The zero-order chi connectivity index (χ0) is 18.8. The molecule has 0 spiro atoms. The van der Waals surface area contributed by atoms with Crippen LogP contribution < -0.4 is 10.2 Å². The molecule has 0 unspecified atom stereocenters. The van der Waals surface area contributed by atoms with Crippen molar-refractivity contribution in [2.45, 2.75) is 26.7 Å². The summed E-state index contributed by atoms with van der Waals surface area (Å²) in [6, 6.07) is 14.3. The van der Waals surface area contributed by atoms with Crippen LogP contribution >= 0.6 is 0 Å². The van der Waals surface area contributed by atoms with Gasteiger partial charge >= 0.3 is 0 Å². The number of carbonyl (C=O) groups is 1. The number of aryl methyl sites for hydroxylation is 2. The number of nitrogens with one attached hydrogen (secondary N) is 1. The number of anilines is 3. The highest BCUT2D eigenvalue weighted by Crippen LogP contribution is 2.32. The predicted molar refractivity (Wildman–Crippen MR) is 108 cm³/mol. The average Bonchev–Trinajstić information content (AvgIpc) is 3.13. The minimum atomic E-state index is -0.188. The summed E-state index contributed by atoms with van der Waals surface area (Å²) in [6.07, 6.45) is 5.04. The van der Waals surface area contributed by atoms with Crippen LogP contribution in [0.25, 0.3) is 0 Å². The van der Waals surface area contributed by atoms with Crippen molar-refractivity contribution >= 4 is 23.2 Å². The molecule has 1 aliphatic rings. The summed E-state index contributed by atoms with van der Waals surface area (Å²) in [6.45, 7) is 4.93. The number of hydrogen-bond donors (Lipinski definition) is 1. The van der Waals surface area contributed by atoms with E-state index >= 15 is 0 Å². The van der Waals surface area contributed by atoms with Gasteiger partial charge in [-0.15, -0.1) is 0 Å². The summed E-state index contributed by atoms with van der Waals surface area (Å²) in [5.74, 6) is 0.439. The van der Waals surface area contributed by atoms with Crippen LogP contribution in [0.5, 0.6) is 0 Å². The second-order valence-electron chi connectivity index (χ2n) is 6.72. The van der Waals surface area contributed by atoms with E-state index in [4.69, 9.17) is 0 Å². The van der Waals surface area contributed by atoms with Crippen molar-refractivity contribution in [3.05, 3.63) is 77.1 Å². The number of para-hydroxylation sites is 2. The Balaban J connectivity index is 1.54. The number of benzene rings is 2. The third kappa shape index (κ3) is 3.28. The first-order chi connectivity index (χ1) is 13.2. The number of rotatable bonds is 4. The summed E-state index contributed by atoms with van der Waals surface area (Å²) in [7, 11) is 0. The van der Waals surface area contributed by atoms with Crippen LogP contribution in [0.15, 0.2) is 54.9 Å². The number of fused-ring (bicyclic) bond motifs is 1. The van der Waals surface area contributed by atoms with Gasteiger partial charge in [-0.25, -0.2) is 9.97 Å². The van der Waals surface area contributed by atoms with Gasteiger partial charge in [0.25, 0.3) is 5.91 Å². The lowest BCUT2D eigenvalue weighted by atomic mass is 10.1. The summed E-state index contributed by atoms with van der Waals surface area (Å²) in [5.41, 5.74) is 5.94. The summed E-state index contributed by atoms with van der Waals surface area (Å²) < 4.78 is 0. The van der Waals surface area contributed by atoms with Gasteiger partial charge in [0.2, 0.25) is 5.95 Å². The van der Waals surface area contributed by atoms with Gasteiger partial charge in [-0.3, -0.25) is 4.79 Å². The smallest absolute Gasteiger partial charge is 0.258 e. The van der Waals surface area contributed by atoms with E-state index in [-0.39, 0.29) is 5.91 Å². The van der Waals surface area contributed by atoms with Gasteiger partial charge < -0.3 is 10.2 Å². The number of hydrogen-bond acceptors (Lipinski definition) is 4. The predicted octanol–water partition coefficient (Wildman–Crippen LogP) is 4.29. The molecule has 136 valence electrons. The van der Waals surface area contributed by atoms with Gasteiger partial charge in [-0.1, -0.05) is 43.3 Å². The fourth-order valence-corrected chi connectivity index (χ4v) is 3.51. The van der Waals surface area contributed by atoms with Crippen molar-refractivity contribution in [3.8, 4) is 0 Å². The molecule has 0 fully saturated rings. The molecule has 1 aliphatic heterocycles. The Kier molecular flexibility index (Phi) is 4.59. The van der Waals surface area contributed by atoms with E-state index in [9.17, 15) is 4.79 Å². The normalized spacial score (nSPS) is 12.7. The molecule has 1 N–H and O–H groups in total. The van der Waals surface area contributed by atoms with E-state index in [1.54, 1.807) is 12.4 Å². The minimum absolute atomic E-state index is 0.188. The topological polar surface area (TPSA) is 58.1 Å². The van der Waals surface area contributed by atoms with Crippen molar-refractivity contribution in [1.82, 2.24) is 9.97 Å². The van der Waals surface area contributed by atoms with Crippen LogP contribution in [0.4, 0.5) is 17.3 Å². The maximum Gasteiger partial charge on any atom is 0.258 e. The number of aromatic nitrogens is 2. The van der Waals surface area contributed by atoms with E-state index in [0.29, 0.717) is 11.5 Å². The molecule has 2 heterocycles. The minimum Gasteiger partial charge on any atom is -0.321 e. The molecule has 0 aliphatic carbocycles. The van der Waals surface area contributed by atoms with Gasteiger partial charge in [0, 0.05) is 30.3 Å². The average molecular weight is 358 g/mol. The van der Waals surface area contributed by atoms with E-state index < -0.39 is 0 Å². The lowest BCUT2D eigenvalue weighted by Crippen LogP contribution is -2.18. The molecule has 0 atom stereocenters. The lowest BCUT2D eigenvalue weighted by molar-refractivity contribution is 0.102. The van der Waals surface area contributed by atoms with Crippen molar-refractivity contribution in [2.24, 2.45) is 0 Å². The number of carbonyl (C=O) groups excluding carboxylic acids is 1. The fraction of sp³-hybridized carbons (Fsp3) is 0.227. The molecule has 5 nitrogen and oxygen atoms in total. The first kappa shape index (κ1) is 17.2. The van der Waals surface area contributed by atoms with Crippen LogP contribution in [0.1, 0.15) is 34.0 Å². The van der Waals surface area contributed by atoms with Crippen molar-refractivity contribution < 1.29 is 4.79 Å². The molecule has 1 aromatic heterocycles. The molecule has 0 saturated heterocycles. The molecule has 27 heavy (non-hydrogen) atoms. The standard InChI is InChI=1S/C22H22N4O/c1-3-16-9-6-7-15(2)20(16)25-21(27)18-13-23-22(24-14-18)26-12-11-17-8-4-5-10-19(17)26/h4-10,13-14H,3,11-12H2,1-2H3,(H,25,27). The third-order valence-corrected chi connectivity index (χ3v) is 5.01. The molecule has 5 heteroatoms. The summed E-state index contributed by atoms with van der Waals surface area (Å²) in [4.78, 5) is 23.6. The van der Waals surface area contributed by atoms with Gasteiger partial charge in [-0.05, 0) is 42.5 Å². The molecular weight excluding hydrogens is 336 g/mol. The molecule has 2 aromatic carbocycles. The molecule has 3 aromatic rings. The van der Waals surface area contributed by atoms with E-state index in [2.05, 4.69) is 39.2 Å². The summed E-state index contributed by atoms with van der Waals surface area (Å²) >= 11 is 0. The van der Waals surface area contributed by atoms with Crippen LogP contribution in [0.2, 0.25) is 0 Å². The Morgan fingerprint density at radius 3 is 2.67 bits per heavy atom. The lowest BCUT2D eigenvalue weighted by Gasteiger charge is -2.17. The van der Waals surface area contributed by atoms with Gasteiger partial charge in [0.05, 0.1) is 5.56 Å². The monoisotopic (exact) mass is 358 g/mol. The Hall–Kier alpha value is -3.21. The Labute approximate surface area is 159 Å². The second kappa shape index (κ2) is 7.19. The number of nitrogens with zero attached hydrogens (tertiary/aromatic N) is 3. The van der Waals surface area contributed by atoms with Crippen LogP contribution in [0, 0.1) is 6.92 Å². The highest BCUT2D eigenvalue weighted by atomic mass is 16.1.